The first-order valence-electron chi connectivity index (χ1n) is 16.7. The van der Waals surface area contributed by atoms with E-state index in [1.165, 1.54) is 76.2 Å². The minimum Gasteiger partial charge on any atom is -0.344 e. The molecular weight excluding hydrogens is 526 g/mol. The third-order valence-corrected chi connectivity index (χ3v) is 14.3. The highest BCUT2D eigenvalue weighted by Gasteiger charge is 2.60. The smallest absolute Gasteiger partial charge is 0.207 e. The third kappa shape index (κ3) is 6.08. The summed E-state index contributed by atoms with van der Waals surface area (Å²) in [6.45, 7) is 12.7. The van der Waals surface area contributed by atoms with Crippen molar-refractivity contribution in [1.82, 2.24) is 5.32 Å². The van der Waals surface area contributed by atoms with Gasteiger partial charge in [0.2, 0.25) is 6.41 Å². The number of carbonyl (C=O) groups excluding carboxylic acids is 1. The Labute approximate surface area is 250 Å². The van der Waals surface area contributed by atoms with E-state index in [1.807, 2.05) is 12.1 Å². The van der Waals surface area contributed by atoms with Gasteiger partial charge in [0.1, 0.15) is 5.88 Å². The van der Waals surface area contributed by atoms with E-state index in [2.05, 4.69) is 46.0 Å². The lowest BCUT2D eigenvalue weighted by Gasteiger charge is -2.61. The molecule has 0 aromatic heterocycles. The summed E-state index contributed by atoms with van der Waals surface area (Å²) in [5, 5.41) is 2.27. The molecule has 0 radical (unpaired) electrons. The average Bonchev–Trinajstić information content (AvgIpc) is 3.29. The number of hydrogen-bond donors (Lipinski definition) is 1. The van der Waals surface area contributed by atoms with Gasteiger partial charge >= 0.3 is 0 Å². The van der Waals surface area contributed by atoms with Gasteiger partial charge in [-0.05, 0) is 128 Å². The first kappa shape index (κ1) is 30.8. The van der Waals surface area contributed by atoms with Gasteiger partial charge in [-0.3, -0.25) is 4.79 Å². The van der Waals surface area contributed by atoms with Crippen LogP contribution in [0.3, 0.4) is 0 Å². The maximum Gasteiger partial charge on any atom is 0.207 e. The van der Waals surface area contributed by atoms with E-state index >= 15 is 0 Å². The summed E-state index contributed by atoms with van der Waals surface area (Å²) >= 11 is 0. The predicted octanol–water partition coefficient (Wildman–Crippen LogP) is 8.67. The number of carbonyl (C=O) groups is 1. The van der Waals surface area contributed by atoms with Gasteiger partial charge < -0.3 is 5.32 Å². The molecule has 228 valence electrons. The maximum absolute atomic E-state index is 12.4. The molecule has 4 unspecified atom stereocenters. The quantitative estimate of drug-likeness (QED) is 0.281. The van der Waals surface area contributed by atoms with Crippen LogP contribution in [0.5, 0.6) is 0 Å². The highest BCUT2D eigenvalue weighted by molar-refractivity contribution is 7.91. The fourth-order valence-corrected chi connectivity index (χ4v) is 11.5. The van der Waals surface area contributed by atoms with Crippen molar-refractivity contribution < 1.29 is 13.2 Å². The molecule has 0 aliphatic heterocycles. The Balaban J connectivity index is 1.23. The number of hydrogen-bond acceptors (Lipinski definition) is 3. The highest BCUT2D eigenvalue weighted by Crippen LogP contribution is 2.68. The first-order valence-corrected chi connectivity index (χ1v) is 18.3. The largest absolute Gasteiger partial charge is 0.344 e. The second-order valence-electron chi connectivity index (χ2n) is 15.3. The Morgan fingerprint density at radius 1 is 0.927 bits per heavy atom. The molecule has 8 atom stereocenters. The number of benzene rings is 1. The highest BCUT2D eigenvalue weighted by atomic mass is 32.2. The summed E-state index contributed by atoms with van der Waals surface area (Å²) in [6.07, 6.45) is 19.2. The first-order chi connectivity index (χ1) is 19.5. The molecule has 0 spiro atoms. The van der Waals surface area contributed by atoms with E-state index in [0.717, 1.165) is 53.4 Å². The van der Waals surface area contributed by atoms with E-state index in [0.29, 0.717) is 17.2 Å². The Morgan fingerprint density at radius 3 is 2.37 bits per heavy atom. The Morgan fingerprint density at radius 2 is 1.66 bits per heavy atom. The lowest BCUT2D eigenvalue weighted by atomic mass is 9.44. The molecule has 0 bridgehead atoms. The summed E-state index contributed by atoms with van der Waals surface area (Å²) in [5.74, 6) is 5.79. The van der Waals surface area contributed by atoms with Crippen molar-refractivity contribution in [3.63, 3.8) is 0 Å². The van der Waals surface area contributed by atoms with Crippen LogP contribution >= 0.6 is 0 Å². The van der Waals surface area contributed by atoms with Gasteiger partial charge in [-0.25, -0.2) is 8.42 Å². The van der Waals surface area contributed by atoms with Crippen LogP contribution in [0.2, 0.25) is 0 Å². The van der Waals surface area contributed by atoms with Crippen LogP contribution in [0.15, 0.2) is 34.7 Å². The van der Waals surface area contributed by atoms with Crippen LogP contribution in [-0.2, 0) is 14.6 Å². The molecule has 1 aromatic rings. The maximum atomic E-state index is 12.4. The average molecular weight is 582 g/mol. The molecule has 0 heterocycles. The van der Waals surface area contributed by atoms with E-state index in [4.69, 9.17) is 0 Å². The summed E-state index contributed by atoms with van der Waals surface area (Å²) in [6, 6.07) is 7.17. The minimum absolute atomic E-state index is 0.256. The van der Waals surface area contributed by atoms with E-state index in [-0.39, 0.29) is 10.8 Å². The molecule has 1 aromatic carbocycles. The van der Waals surface area contributed by atoms with Crippen molar-refractivity contribution in [2.45, 2.75) is 117 Å². The topological polar surface area (TPSA) is 63.2 Å². The number of rotatable bonds is 10. The Kier molecular flexibility index (Phi) is 9.15. The van der Waals surface area contributed by atoms with Gasteiger partial charge in [-0.15, -0.1) is 0 Å². The molecule has 4 aliphatic rings. The Bertz CT molecular complexity index is 1200. The molecule has 5 rings (SSSR count). The zero-order valence-corrected chi connectivity index (χ0v) is 27.1. The lowest BCUT2D eigenvalue weighted by molar-refractivity contribution is -0.109. The number of nitrogens with one attached hydrogen (secondary N) is 1. The van der Waals surface area contributed by atoms with E-state index in [9.17, 15) is 13.2 Å². The van der Waals surface area contributed by atoms with Crippen LogP contribution in [0.4, 0.5) is 0 Å². The van der Waals surface area contributed by atoms with Gasteiger partial charge in [0.25, 0.3) is 0 Å². The molecular formula is C36H55NO3S. The lowest BCUT2D eigenvalue weighted by Crippen LogP contribution is -2.53. The van der Waals surface area contributed by atoms with Crippen molar-refractivity contribution in [1.29, 1.82) is 0 Å². The molecule has 4 saturated carbocycles. The standard InChI is InChI=1S/C36H55NO3S/c1-25(2)7-6-8-26(3)32-15-16-33-31-14-11-29-22-28(17-19-35(29,4)34(31)18-20-36(32,33)5)21-27-9-12-30(13-10-27)41(39,40)24-37-23-38/h9-10,12-13,21,23,25-26,29,31-34H,6-8,11,14-20,22,24H2,1-5H3,(H,37,38)/t26-,29?,31?,32-,33?,34?,35+,36-/m1/s1. The van der Waals surface area contributed by atoms with Crippen molar-refractivity contribution in [3.05, 3.63) is 35.4 Å². The van der Waals surface area contributed by atoms with Crippen molar-refractivity contribution in [2.75, 3.05) is 5.88 Å². The fourth-order valence-electron chi connectivity index (χ4n) is 10.5. The van der Waals surface area contributed by atoms with Crippen LogP contribution < -0.4 is 5.32 Å². The van der Waals surface area contributed by atoms with Crippen LogP contribution in [0, 0.1) is 52.3 Å². The fraction of sp³-hybridized carbons (Fsp3) is 0.750. The van der Waals surface area contributed by atoms with E-state index in [1.54, 1.807) is 12.1 Å². The predicted molar refractivity (Wildman–Crippen MR) is 169 cm³/mol. The van der Waals surface area contributed by atoms with Gasteiger partial charge in [-0.1, -0.05) is 77.7 Å². The van der Waals surface area contributed by atoms with Gasteiger partial charge in [0.05, 0.1) is 4.90 Å². The van der Waals surface area contributed by atoms with Gasteiger partial charge in [-0.2, -0.15) is 0 Å². The van der Waals surface area contributed by atoms with Crippen molar-refractivity contribution in [2.24, 2.45) is 52.3 Å². The summed E-state index contributed by atoms with van der Waals surface area (Å²) in [5.41, 5.74) is 3.63. The van der Waals surface area contributed by atoms with Crippen LogP contribution in [-0.4, -0.2) is 20.7 Å². The minimum atomic E-state index is -3.50. The second-order valence-corrected chi connectivity index (χ2v) is 17.3. The molecule has 1 amide bonds. The zero-order chi connectivity index (χ0) is 29.4. The molecule has 5 heteroatoms. The molecule has 41 heavy (non-hydrogen) atoms. The SMILES string of the molecule is CC(C)CCC[C@@H](C)[C@H]1CCC2C3CCC4CC(=Cc5ccc(S(=O)(=O)CNC=O)cc5)CC[C@]4(C)C3CC[C@@]21C. The van der Waals surface area contributed by atoms with Crippen LogP contribution in [0.25, 0.3) is 6.08 Å². The molecule has 4 nitrogen and oxygen atoms in total. The van der Waals surface area contributed by atoms with Gasteiger partial charge in [0, 0.05) is 0 Å². The van der Waals surface area contributed by atoms with Crippen molar-refractivity contribution in [3.8, 4) is 0 Å². The summed E-state index contributed by atoms with van der Waals surface area (Å²) in [4.78, 5) is 10.8. The second kappa shape index (κ2) is 12.2. The van der Waals surface area contributed by atoms with E-state index < -0.39 is 9.84 Å². The van der Waals surface area contributed by atoms with Gasteiger partial charge in [0.15, 0.2) is 9.84 Å². The summed E-state index contributed by atoms with van der Waals surface area (Å²) < 4.78 is 24.7. The van der Waals surface area contributed by atoms with Crippen LogP contribution in [0.1, 0.15) is 117 Å². The molecule has 4 fully saturated rings. The number of fused-ring (bicyclic) bond motifs is 5. The summed E-state index contributed by atoms with van der Waals surface area (Å²) in [7, 11) is -3.50. The molecule has 0 saturated heterocycles. The monoisotopic (exact) mass is 581 g/mol. The number of sulfone groups is 1. The number of amides is 1. The molecule has 4 aliphatic carbocycles. The normalized spacial score (nSPS) is 36.8. The number of allylic oxidation sites excluding steroid dienone is 1. The Hall–Kier alpha value is -1.62. The van der Waals surface area contributed by atoms with Crippen molar-refractivity contribution >= 4 is 22.3 Å². The molecule has 1 N–H and O–H groups in total. The third-order valence-electron chi connectivity index (χ3n) is 12.7. The zero-order valence-electron chi connectivity index (χ0n) is 26.3.